The molecule has 1 heterocycles. The minimum Gasteiger partial charge on any atom is -0.548 e. The highest BCUT2D eigenvalue weighted by Crippen LogP contribution is 2.37. The van der Waals surface area contributed by atoms with Gasteiger partial charge in [0.15, 0.2) is 11.5 Å². The molecule has 134 valence electrons. The van der Waals surface area contributed by atoms with Crippen LogP contribution in [0.15, 0.2) is 23.1 Å². The van der Waals surface area contributed by atoms with Gasteiger partial charge in [0.2, 0.25) is 0 Å². The molecule has 1 amide bonds. The van der Waals surface area contributed by atoms with Crippen molar-refractivity contribution >= 4 is 46.3 Å². The van der Waals surface area contributed by atoms with E-state index in [1.807, 2.05) is 0 Å². The Bertz CT molecular complexity index is 745. The molecule has 1 aromatic carbocycles. The van der Waals surface area contributed by atoms with Crippen LogP contribution in [0, 0.1) is 5.92 Å². The van der Waals surface area contributed by atoms with E-state index < -0.39 is 17.3 Å². The molecule has 0 aliphatic carbocycles. The van der Waals surface area contributed by atoms with E-state index in [-0.39, 0.29) is 10.9 Å². The zero-order valence-electron chi connectivity index (χ0n) is 14.3. The first-order valence-electron chi connectivity index (χ1n) is 7.50. The summed E-state index contributed by atoms with van der Waals surface area (Å²) in [5.41, 5.74) is 0.756. The van der Waals surface area contributed by atoms with E-state index in [4.69, 9.17) is 21.7 Å². The number of ether oxygens (including phenoxy) is 2. The van der Waals surface area contributed by atoms with Gasteiger partial charge in [0.05, 0.1) is 31.1 Å². The van der Waals surface area contributed by atoms with Gasteiger partial charge in [0.1, 0.15) is 4.99 Å². The monoisotopic (exact) mass is 380 g/mol. The number of carboxylic acids is 1. The Balaban J connectivity index is 2.36. The molecule has 0 unspecified atom stereocenters. The third-order valence-corrected chi connectivity index (χ3v) is 5.13. The number of aliphatic carboxylic acids is 1. The molecule has 0 saturated carbocycles. The molecule has 0 bridgehead atoms. The summed E-state index contributed by atoms with van der Waals surface area (Å²) in [4.78, 5) is 25.5. The standard InChI is InChI=1S/C17H19NO5S2/c1-9(2)14(16(19)20)18-15(24)13(25-17(18)21)8-10-5-6-11(22-3)12(7-10)23-4/h5-9,14H,1-4H3,(H,19,20)/p-1/b13-8-/t14-/m0/s1. The van der Waals surface area contributed by atoms with Crippen molar-refractivity contribution in [1.82, 2.24) is 4.90 Å². The Morgan fingerprint density at radius 2 is 1.92 bits per heavy atom. The number of carbonyl (C=O) groups is 2. The van der Waals surface area contributed by atoms with Gasteiger partial charge in [0, 0.05) is 0 Å². The van der Waals surface area contributed by atoms with Crippen LogP contribution >= 0.6 is 24.0 Å². The van der Waals surface area contributed by atoms with Crippen LogP contribution in [0.5, 0.6) is 11.5 Å². The number of thiocarbonyl (C=S) groups is 1. The van der Waals surface area contributed by atoms with Crippen LogP contribution in [-0.2, 0) is 4.79 Å². The fraction of sp³-hybridized carbons (Fsp3) is 0.353. The molecule has 1 atom stereocenters. The van der Waals surface area contributed by atoms with Crippen molar-refractivity contribution in [1.29, 1.82) is 0 Å². The van der Waals surface area contributed by atoms with Gasteiger partial charge in [-0.2, -0.15) is 0 Å². The minimum absolute atomic E-state index is 0.188. The molecule has 1 aliphatic rings. The number of rotatable bonds is 6. The van der Waals surface area contributed by atoms with E-state index >= 15 is 0 Å². The third-order valence-electron chi connectivity index (χ3n) is 3.68. The molecule has 0 aromatic heterocycles. The number of hydrogen-bond acceptors (Lipinski definition) is 7. The normalized spacial score (nSPS) is 17.3. The van der Waals surface area contributed by atoms with Crippen molar-refractivity contribution in [2.45, 2.75) is 19.9 Å². The Morgan fingerprint density at radius 1 is 1.28 bits per heavy atom. The lowest BCUT2D eigenvalue weighted by atomic mass is 10.0. The van der Waals surface area contributed by atoms with Gasteiger partial charge in [-0.15, -0.1) is 0 Å². The number of carbonyl (C=O) groups excluding carboxylic acids is 2. The third kappa shape index (κ3) is 3.96. The SMILES string of the molecule is COc1ccc(/C=C2\SC(=O)N([C@H](C(=O)[O-])C(C)C)C2=S)cc1OC. The highest BCUT2D eigenvalue weighted by Gasteiger charge is 2.38. The van der Waals surface area contributed by atoms with Crippen LogP contribution in [0.3, 0.4) is 0 Å². The first kappa shape index (κ1) is 19.3. The summed E-state index contributed by atoms with van der Waals surface area (Å²) in [6.07, 6.45) is 1.72. The molecule has 1 saturated heterocycles. The maximum Gasteiger partial charge on any atom is 0.292 e. The second kappa shape index (κ2) is 7.88. The molecule has 8 heteroatoms. The van der Waals surface area contributed by atoms with Gasteiger partial charge in [-0.05, 0) is 41.5 Å². The highest BCUT2D eigenvalue weighted by atomic mass is 32.2. The highest BCUT2D eigenvalue weighted by molar-refractivity contribution is 8.19. The Morgan fingerprint density at radius 3 is 2.44 bits per heavy atom. The quantitative estimate of drug-likeness (QED) is 0.553. The smallest absolute Gasteiger partial charge is 0.292 e. The van der Waals surface area contributed by atoms with E-state index in [2.05, 4.69) is 0 Å². The number of nitrogens with zero attached hydrogens (tertiary/aromatic N) is 1. The van der Waals surface area contributed by atoms with Gasteiger partial charge in [-0.25, -0.2) is 0 Å². The second-order valence-corrected chi connectivity index (χ2v) is 7.05. The van der Waals surface area contributed by atoms with Crippen LogP contribution in [0.2, 0.25) is 0 Å². The Labute approximate surface area is 155 Å². The van der Waals surface area contributed by atoms with E-state index in [9.17, 15) is 14.7 Å². The van der Waals surface area contributed by atoms with Crippen LogP contribution in [0.4, 0.5) is 4.79 Å². The average molecular weight is 380 g/mol. The molecule has 0 spiro atoms. The largest absolute Gasteiger partial charge is 0.548 e. The molecule has 1 aromatic rings. The number of amides is 1. The van der Waals surface area contributed by atoms with Crippen molar-refractivity contribution < 1.29 is 24.2 Å². The lowest BCUT2D eigenvalue weighted by Crippen LogP contribution is -2.52. The van der Waals surface area contributed by atoms with Gasteiger partial charge < -0.3 is 19.4 Å². The topological polar surface area (TPSA) is 78.9 Å². The second-order valence-electron chi connectivity index (χ2n) is 5.67. The van der Waals surface area contributed by atoms with Crippen molar-refractivity contribution in [2.24, 2.45) is 5.92 Å². The van der Waals surface area contributed by atoms with Gasteiger partial charge in [-0.3, -0.25) is 9.69 Å². The van der Waals surface area contributed by atoms with Crippen molar-refractivity contribution in [2.75, 3.05) is 14.2 Å². The predicted octanol–water partition coefficient (Wildman–Crippen LogP) is 2.32. The average Bonchev–Trinajstić information content (AvgIpc) is 2.82. The molecule has 0 N–H and O–H groups in total. The summed E-state index contributed by atoms with van der Waals surface area (Å²) >= 11 is 6.24. The van der Waals surface area contributed by atoms with Gasteiger partial charge in [-0.1, -0.05) is 32.1 Å². The molecule has 0 radical (unpaired) electrons. The Kier molecular flexibility index (Phi) is 6.07. The predicted molar refractivity (Wildman–Crippen MR) is 98.6 cm³/mol. The van der Waals surface area contributed by atoms with Gasteiger partial charge >= 0.3 is 0 Å². The van der Waals surface area contributed by atoms with Crippen LogP contribution < -0.4 is 14.6 Å². The van der Waals surface area contributed by atoms with E-state index in [0.717, 1.165) is 22.2 Å². The number of benzene rings is 1. The van der Waals surface area contributed by atoms with E-state index in [0.29, 0.717) is 16.4 Å². The van der Waals surface area contributed by atoms with Crippen molar-refractivity contribution in [3.8, 4) is 11.5 Å². The van der Waals surface area contributed by atoms with Gasteiger partial charge in [0.25, 0.3) is 5.24 Å². The maximum atomic E-state index is 12.3. The maximum absolute atomic E-state index is 12.3. The Hall–Kier alpha value is -2.06. The first-order chi connectivity index (χ1) is 11.8. The number of carboxylic acid groups (broad SMARTS) is 1. The summed E-state index contributed by atoms with van der Waals surface area (Å²) < 4.78 is 10.4. The summed E-state index contributed by atoms with van der Waals surface area (Å²) in [6.45, 7) is 3.41. The van der Waals surface area contributed by atoms with Crippen molar-refractivity contribution in [3.63, 3.8) is 0 Å². The van der Waals surface area contributed by atoms with E-state index in [1.165, 1.54) is 7.11 Å². The fourth-order valence-electron chi connectivity index (χ4n) is 2.49. The van der Waals surface area contributed by atoms with E-state index in [1.54, 1.807) is 45.2 Å². The molecule has 2 rings (SSSR count). The summed E-state index contributed by atoms with van der Waals surface area (Å²) in [5, 5.41) is 11.0. The number of methoxy groups -OCH3 is 2. The molecule has 1 fully saturated rings. The van der Waals surface area contributed by atoms with Crippen molar-refractivity contribution in [3.05, 3.63) is 28.7 Å². The van der Waals surface area contributed by atoms with Crippen LogP contribution in [0.1, 0.15) is 19.4 Å². The van der Waals surface area contributed by atoms with Crippen LogP contribution in [0.25, 0.3) is 6.08 Å². The molecule has 6 nitrogen and oxygen atoms in total. The number of thioether (sulfide) groups is 1. The molecular formula is C17H18NO5S2-. The zero-order valence-corrected chi connectivity index (χ0v) is 15.9. The lowest BCUT2D eigenvalue weighted by Gasteiger charge is -2.30. The minimum atomic E-state index is -1.32. The van der Waals surface area contributed by atoms with Crippen LogP contribution in [-0.4, -0.2) is 41.4 Å². The summed E-state index contributed by atoms with van der Waals surface area (Å²) in [7, 11) is 3.07. The zero-order chi connectivity index (χ0) is 18.7. The fourth-order valence-corrected chi connectivity index (χ4v) is 3.80. The summed E-state index contributed by atoms with van der Waals surface area (Å²) in [6, 6.07) is 4.19. The lowest BCUT2D eigenvalue weighted by molar-refractivity contribution is -0.311. The molecular weight excluding hydrogens is 362 g/mol. The number of hydrogen-bond donors (Lipinski definition) is 0. The first-order valence-corrected chi connectivity index (χ1v) is 8.72. The molecule has 25 heavy (non-hydrogen) atoms. The summed E-state index contributed by atoms with van der Waals surface area (Å²) in [5.74, 6) is -0.517. The molecule has 1 aliphatic heterocycles.